The molecule has 3 aromatic carbocycles. The van der Waals surface area contributed by atoms with Gasteiger partial charge in [-0.15, -0.1) is 0 Å². The molecule has 0 aromatic heterocycles. The molecule has 2 N–H and O–H groups in total. The summed E-state index contributed by atoms with van der Waals surface area (Å²) in [5.41, 5.74) is 5.59. The van der Waals surface area contributed by atoms with Gasteiger partial charge in [0.25, 0.3) is 11.8 Å². The number of ether oxygens (including phenoxy) is 3. The Kier molecular flexibility index (Phi) is 9.23. The predicted octanol–water partition coefficient (Wildman–Crippen LogP) is 3.31. The van der Waals surface area contributed by atoms with Gasteiger partial charge in [-0.1, -0.05) is 24.3 Å². The zero-order valence-corrected chi connectivity index (χ0v) is 20.7. The van der Waals surface area contributed by atoms with E-state index in [1.165, 1.54) is 0 Å². The van der Waals surface area contributed by atoms with Gasteiger partial charge >= 0.3 is 0 Å². The van der Waals surface area contributed by atoms with E-state index in [0.29, 0.717) is 22.7 Å². The Bertz CT molecular complexity index is 1210. The number of morpholine rings is 1. The highest BCUT2D eigenvalue weighted by Crippen LogP contribution is 2.23. The average Bonchev–Trinajstić information content (AvgIpc) is 2.94. The summed E-state index contributed by atoms with van der Waals surface area (Å²) in [5.74, 6) is 0.531. The van der Waals surface area contributed by atoms with Crippen LogP contribution in [0.4, 0.5) is 5.69 Å². The number of carbonyl (C=O) groups excluding carboxylic acids is 2. The van der Waals surface area contributed by atoms with Gasteiger partial charge in [-0.2, -0.15) is 5.10 Å². The van der Waals surface area contributed by atoms with Crippen LogP contribution in [0, 0.1) is 0 Å². The smallest absolute Gasteiger partial charge is 0.271 e. The summed E-state index contributed by atoms with van der Waals surface area (Å²) < 4.78 is 16.2. The van der Waals surface area contributed by atoms with Gasteiger partial charge in [0.15, 0.2) is 6.61 Å². The molecule has 1 fully saturated rings. The van der Waals surface area contributed by atoms with E-state index in [2.05, 4.69) is 20.7 Å². The highest BCUT2D eigenvalue weighted by molar-refractivity contribution is 5.95. The molecule has 0 bridgehead atoms. The summed E-state index contributed by atoms with van der Waals surface area (Å²) in [6.07, 6.45) is 1.54. The van der Waals surface area contributed by atoms with E-state index < -0.39 is 0 Å². The summed E-state index contributed by atoms with van der Waals surface area (Å²) >= 11 is 0. The van der Waals surface area contributed by atoms with E-state index in [9.17, 15) is 9.59 Å². The van der Waals surface area contributed by atoms with Gasteiger partial charge in [0.2, 0.25) is 0 Å². The van der Waals surface area contributed by atoms with Crippen molar-refractivity contribution in [2.75, 3.05) is 45.3 Å². The highest BCUT2D eigenvalue weighted by Gasteiger charge is 2.11. The molecule has 9 heteroatoms. The van der Waals surface area contributed by atoms with Gasteiger partial charge in [-0.05, 0) is 59.7 Å². The van der Waals surface area contributed by atoms with Crippen molar-refractivity contribution in [3.63, 3.8) is 0 Å². The fourth-order valence-electron chi connectivity index (χ4n) is 3.74. The Hall–Kier alpha value is -4.21. The van der Waals surface area contributed by atoms with Gasteiger partial charge in [0, 0.05) is 25.2 Å². The number of hydrogen-bond donors (Lipinski definition) is 2. The van der Waals surface area contributed by atoms with E-state index in [4.69, 9.17) is 14.2 Å². The minimum atomic E-state index is -0.299. The van der Waals surface area contributed by atoms with Crippen molar-refractivity contribution < 1.29 is 23.8 Å². The average molecular weight is 503 g/mol. The van der Waals surface area contributed by atoms with Gasteiger partial charge in [-0.25, -0.2) is 5.43 Å². The van der Waals surface area contributed by atoms with Crippen molar-refractivity contribution in [2.24, 2.45) is 5.10 Å². The van der Waals surface area contributed by atoms with Gasteiger partial charge in [0.05, 0.1) is 32.2 Å². The van der Waals surface area contributed by atoms with Crippen LogP contribution in [-0.4, -0.2) is 62.9 Å². The summed E-state index contributed by atoms with van der Waals surface area (Å²) in [4.78, 5) is 26.9. The molecule has 192 valence electrons. The molecule has 9 nitrogen and oxygen atoms in total. The first-order valence-corrected chi connectivity index (χ1v) is 12.0. The summed E-state index contributed by atoms with van der Waals surface area (Å²) in [7, 11) is 1.54. The maximum absolute atomic E-state index is 12.4. The lowest BCUT2D eigenvalue weighted by molar-refractivity contribution is -0.118. The summed E-state index contributed by atoms with van der Waals surface area (Å²) in [5, 5.41) is 6.80. The molecule has 0 atom stereocenters. The lowest BCUT2D eigenvalue weighted by Crippen LogP contribution is -2.35. The topological polar surface area (TPSA) is 101 Å². The molecule has 37 heavy (non-hydrogen) atoms. The van der Waals surface area contributed by atoms with E-state index in [1.54, 1.807) is 61.9 Å². The lowest BCUT2D eigenvalue weighted by Gasteiger charge is -2.26. The molecule has 0 unspecified atom stereocenters. The fraction of sp³-hybridized carbons (Fsp3) is 0.250. The molecular formula is C28H30N4O5. The first-order chi connectivity index (χ1) is 18.1. The number of hydrazone groups is 1. The normalized spacial score (nSPS) is 13.8. The second kappa shape index (κ2) is 13.2. The fourth-order valence-corrected chi connectivity index (χ4v) is 3.74. The number of benzene rings is 3. The zero-order chi connectivity index (χ0) is 25.9. The van der Waals surface area contributed by atoms with Crippen molar-refractivity contribution in [1.82, 2.24) is 10.3 Å². The van der Waals surface area contributed by atoms with E-state index in [1.807, 2.05) is 24.3 Å². The number of rotatable bonds is 10. The van der Waals surface area contributed by atoms with Crippen LogP contribution in [-0.2, 0) is 16.1 Å². The molecule has 1 saturated heterocycles. The monoisotopic (exact) mass is 502 g/mol. The van der Waals surface area contributed by atoms with Crippen molar-refractivity contribution >= 4 is 23.7 Å². The Labute approximate surface area is 216 Å². The standard InChI is InChI=1S/C28H30N4O5/c1-35-26-5-3-2-4-25(26)30-27(33)20-37-24-12-8-21(9-13-24)18-29-31-28(34)23-10-6-22(7-11-23)19-32-14-16-36-17-15-32/h2-13,18H,14-17,19-20H2,1H3,(H,30,33)(H,31,34)/b29-18-. The highest BCUT2D eigenvalue weighted by atomic mass is 16.5. The minimum Gasteiger partial charge on any atom is -0.495 e. The van der Waals surface area contributed by atoms with E-state index >= 15 is 0 Å². The van der Waals surface area contributed by atoms with E-state index in [0.717, 1.165) is 44.0 Å². The molecule has 0 saturated carbocycles. The molecule has 2 amide bonds. The van der Waals surface area contributed by atoms with Gasteiger partial charge in [-0.3, -0.25) is 14.5 Å². The maximum Gasteiger partial charge on any atom is 0.271 e. The number of hydrogen-bond acceptors (Lipinski definition) is 7. The molecule has 1 aliphatic rings. The quantitative estimate of drug-likeness (QED) is 0.326. The molecule has 4 rings (SSSR count). The molecule has 0 radical (unpaired) electrons. The third-order valence-corrected chi connectivity index (χ3v) is 5.74. The lowest BCUT2D eigenvalue weighted by atomic mass is 10.1. The summed E-state index contributed by atoms with van der Waals surface area (Å²) in [6, 6.07) is 21.7. The molecule has 1 heterocycles. The first-order valence-electron chi connectivity index (χ1n) is 12.0. The van der Waals surface area contributed by atoms with Gasteiger partial charge in [0.1, 0.15) is 11.5 Å². The Morgan fingerprint density at radius 1 is 1.00 bits per heavy atom. The number of carbonyl (C=O) groups is 2. The molecule has 3 aromatic rings. The Balaban J connectivity index is 1.21. The van der Waals surface area contributed by atoms with Crippen molar-refractivity contribution in [2.45, 2.75) is 6.54 Å². The molecule has 0 spiro atoms. The SMILES string of the molecule is COc1ccccc1NC(=O)COc1ccc(/C=N\NC(=O)c2ccc(CN3CCOCC3)cc2)cc1. The van der Waals surface area contributed by atoms with Crippen LogP contribution < -0.4 is 20.2 Å². The minimum absolute atomic E-state index is 0.146. The van der Waals surface area contributed by atoms with Crippen LogP contribution >= 0.6 is 0 Å². The number of amides is 2. The molecule has 1 aliphatic heterocycles. The van der Waals surface area contributed by atoms with Gasteiger partial charge < -0.3 is 19.5 Å². The van der Waals surface area contributed by atoms with E-state index in [-0.39, 0.29) is 18.4 Å². The van der Waals surface area contributed by atoms with Crippen LogP contribution in [0.5, 0.6) is 11.5 Å². The number of methoxy groups -OCH3 is 1. The first kappa shape index (κ1) is 25.9. The third kappa shape index (κ3) is 7.89. The largest absolute Gasteiger partial charge is 0.495 e. The van der Waals surface area contributed by atoms with Crippen molar-refractivity contribution in [1.29, 1.82) is 0 Å². The predicted molar refractivity (Wildman–Crippen MR) is 141 cm³/mol. The van der Waals surface area contributed by atoms with Crippen LogP contribution in [0.25, 0.3) is 0 Å². The second-order valence-electron chi connectivity index (χ2n) is 8.39. The number of anilines is 1. The molecular weight excluding hydrogens is 472 g/mol. The van der Waals surface area contributed by atoms with Crippen LogP contribution in [0.15, 0.2) is 77.9 Å². The maximum atomic E-state index is 12.4. The van der Waals surface area contributed by atoms with Crippen molar-refractivity contribution in [3.8, 4) is 11.5 Å². The number of para-hydroxylation sites is 2. The Morgan fingerprint density at radius 2 is 1.73 bits per heavy atom. The van der Waals surface area contributed by atoms with Crippen LogP contribution in [0.3, 0.4) is 0 Å². The number of nitrogens with one attached hydrogen (secondary N) is 2. The zero-order valence-electron chi connectivity index (χ0n) is 20.7. The Morgan fingerprint density at radius 3 is 2.46 bits per heavy atom. The number of nitrogens with zero attached hydrogens (tertiary/aromatic N) is 2. The van der Waals surface area contributed by atoms with Crippen LogP contribution in [0.2, 0.25) is 0 Å². The third-order valence-electron chi connectivity index (χ3n) is 5.74. The second-order valence-corrected chi connectivity index (χ2v) is 8.39. The van der Waals surface area contributed by atoms with Crippen LogP contribution in [0.1, 0.15) is 21.5 Å². The molecule has 0 aliphatic carbocycles. The summed E-state index contributed by atoms with van der Waals surface area (Å²) in [6.45, 7) is 4.06. The van der Waals surface area contributed by atoms with Crippen molar-refractivity contribution in [3.05, 3.63) is 89.5 Å².